The van der Waals surface area contributed by atoms with E-state index in [2.05, 4.69) is 15.6 Å². The Hall–Kier alpha value is -3.07. The zero-order valence-corrected chi connectivity index (χ0v) is 18.1. The van der Waals surface area contributed by atoms with E-state index >= 15 is 0 Å². The predicted molar refractivity (Wildman–Crippen MR) is 115 cm³/mol. The van der Waals surface area contributed by atoms with Crippen LogP contribution in [-0.2, 0) is 14.3 Å². The minimum absolute atomic E-state index is 0.00100. The van der Waals surface area contributed by atoms with Gasteiger partial charge < -0.3 is 20.1 Å². The molecule has 1 fully saturated rings. The third-order valence-corrected chi connectivity index (χ3v) is 5.41. The normalized spacial score (nSPS) is 18.1. The van der Waals surface area contributed by atoms with Gasteiger partial charge in [-0.25, -0.2) is 13.8 Å². The van der Waals surface area contributed by atoms with Crippen molar-refractivity contribution in [2.45, 2.75) is 38.6 Å². The Morgan fingerprint density at radius 3 is 2.75 bits per heavy atom. The van der Waals surface area contributed by atoms with Gasteiger partial charge in [-0.3, -0.25) is 9.59 Å². The van der Waals surface area contributed by atoms with Crippen LogP contribution in [0, 0.1) is 17.6 Å². The summed E-state index contributed by atoms with van der Waals surface area (Å²) < 4.78 is 38.2. The van der Waals surface area contributed by atoms with Crippen LogP contribution in [0.4, 0.5) is 14.6 Å². The average Bonchev–Trinajstić information content (AvgIpc) is 2.79. The molecule has 0 radical (unpaired) electrons. The number of aromatic nitrogens is 1. The number of rotatable bonds is 8. The Kier molecular flexibility index (Phi) is 8.10. The summed E-state index contributed by atoms with van der Waals surface area (Å²) in [6.45, 7) is 2.27. The summed E-state index contributed by atoms with van der Waals surface area (Å²) in [5.41, 5.74) is 0.482. The second-order valence-electron chi connectivity index (χ2n) is 7.65. The maximum Gasteiger partial charge on any atom is 0.246 e. The molecule has 3 rings (SSSR count). The van der Waals surface area contributed by atoms with Crippen LogP contribution in [-0.4, -0.2) is 43.2 Å². The number of carbonyl (C=O) groups is 2. The van der Waals surface area contributed by atoms with Crippen LogP contribution in [0.2, 0.25) is 0 Å². The van der Waals surface area contributed by atoms with Gasteiger partial charge in [0.2, 0.25) is 11.8 Å². The fourth-order valence-electron chi connectivity index (χ4n) is 3.85. The number of nitrogens with one attached hydrogen (secondary N) is 2. The lowest BCUT2D eigenvalue weighted by Crippen LogP contribution is -2.42. The highest BCUT2D eigenvalue weighted by Crippen LogP contribution is 2.33. The lowest BCUT2D eigenvalue weighted by molar-refractivity contribution is -0.127. The van der Waals surface area contributed by atoms with Crippen LogP contribution in [0.1, 0.15) is 32.6 Å². The number of methoxy groups -OCH3 is 1. The highest BCUT2D eigenvalue weighted by Gasteiger charge is 2.28. The molecule has 1 saturated carbocycles. The average molecular weight is 447 g/mol. The number of benzene rings is 1. The van der Waals surface area contributed by atoms with Gasteiger partial charge in [0.15, 0.2) is 0 Å². The van der Waals surface area contributed by atoms with Crippen LogP contribution in [0.3, 0.4) is 0 Å². The SMILES string of the molecule is CCOCC(=O)NC1CCCC(C(=O)Nc2cc(-c3ccc(F)cc3OC)c(F)cn2)C1. The van der Waals surface area contributed by atoms with Crippen LogP contribution in [0.25, 0.3) is 11.1 Å². The zero-order chi connectivity index (χ0) is 23.1. The predicted octanol–water partition coefficient (Wildman–Crippen LogP) is 3.69. The van der Waals surface area contributed by atoms with Crippen molar-refractivity contribution >= 4 is 17.6 Å². The Labute approximate surface area is 185 Å². The summed E-state index contributed by atoms with van der Waals surface area (Å²) in [5.74, 6) is -1.53. The Bertz CT molecular complexity index is 970. The van der Waals surface area contributed by atoms with Gasteiger partial charge in [-0.1, -0.05) is 6.42 Å². The highest BCUT2D eigenvalue weighted by molar-refractivity contribution is 5.92. The number of amides is 2. The van der Waals surface area contributed by atoms with Crippen molar-refractivity contribution in [2.75, 3.05) is 25.6 Å². The Morgan fingerprint density at radius 2 is 2.00 bits per heavy atom. The topological polar surface area (TPSA) is 89.5 Å². The third-order valence-electron chi connectivity index (χ3n) is 5.41. The highest BCUT2D eigenvalue weighted by atomic mass is 19.1. The second-order valence-corrected chi connectivity index (χ2v) is 7.65. The molecule has 1 aliphatic carbocycles. The van der Waals surface area contributed by atoms with Gasteiger partial charge in [-0.15, -0.1) is 0 Å². The Balaban J connectivity index is 1.69. The number of hydrogen-bond acceptors (Lipinski definition) is 5. The van der Waals surface area contributed by atoms with E-state index in [1.54, 1.807) is 0 Å². The van der Waals surface area contributed by atoms with Gasteiger partial charge >= 0.3 is 0 Å². The summed E-state index contributed by atoms with van der Waals surface area (Å²) in [6.07, 6.45) is 3.79. The van der Waals surface area contributed by atoms with Gasteiger partial charge in [-0.2, -0.15) is 0 Å². The maximum absolute atomic E-state index is 14.5. The molecular weight excluding hydrogens is 420 g/mol. The quantitative estimate of drug-likeness (QED) is 0.644. The Morgan fingerprint density at radius 1 is 1.19 bits per heavy atom. The van der Waals surface area contributed by atoms with Crippen molar-refractivity contribution in [1.82, 2.24) is 10.3 Å². The first kappa shape index (κ1) is 23.6. The molecule has 2 amide bonds. The van der Waals surface area contributed by atoms with E-state index < -0.39 is 11.6 Å². The minimum Gasteiger partial charge on any atom is -0.496 e. The molecular formula is C23H27F2N3O4. The number of hydrogen-bond donors (Lipinski definition) is 2. The van der Waals surface area contributed by atoms with Crippen LogP contribution in [0.15, 0.2) is 30.5 Å². The van der Waals surface area contributed by atoms with Crippen molar-refractivity contribution in [3.05, 3.63) is 42.1 Å². The summed E-state index contributed by atoms with van der Waals surface area (Å²) in [6, 6.07) is 5.07. The lowest BCUT2D eigenvalue weighted by atomic mass is 9.85. The second kappa shape index (κ2) is 11.0. The molecule has 7 nitrogen and oxygen atoms in total. The smallest absolute Gasteiger partial charge is 0.246 e. The molecule has 172 valence electrons. The molecule has 2 aromatic rings. The molecule has 2 unspecified atom stereocenters. The summed E-state index contributed by atoms with van der Waals surface area (Å²) in [4.78, 5) is 28.7. The first-order chi connectivity index (χ1) is 15.4. The van der Waals surface area contributed by atoms with Gasteiger partial charge in [0, 0.05) is 35.8 Å². The van der Waals surface area contributed by atoms with Gasteiger partial charge in [-0.05, 0) is 44.4 Å². The largest absolute Gasteiger partial charge is 0.496 e. The van der Waals surface area contributed by atoms with Gasteiger partial charge in [0.05, 0.1) is 13.3 Å². The van der Waals surface area contributed by atoms with Crippen LogP contribution < -0.4 is 15.4 Å². The molecule has 1 aromatic carbocycles. The van der Waals surface area contributed by atoms with Gasteiger partial charge in [0.25, 0.3) is 0 Å². The number of halogens is 2. The fraction of sp³-hybridized carbons (Fsp3) is 0.435. The molecule has 1 aliphatic rings. The van der Waals surface area contributed by atoms with Crippen molar-refractivity contribution in [3.63, 3.8) is 0 Å². The van der Waals surface area contributed by atoms with Crippen molar-refractivity contribution < 1.29 is 27.8 Å². The number of anilines is 1. The monoisotopic (exact) mass is 447 g/mol. The van der Waals surface area contributed by atoms with E-state index in [0.29, 0.717) is 25.0 Å². The van der Waals surface area contributed by atoms with Gasteiger partial charge in [0.1, 0.15) is 29.8 Å². The molecule has 9 heteroatoms. The summed E-state index contributed by atoms with van der Waals surface area (Å²) in [5, 5.41) is 5.64. The first-order valence-electron chi connectivity index (χ1n) is 10.6. The van der Waals surface area contributed by atoms with E-state index in [4.69, 9.17) is 9.47 Å². The molecule has 0 saturated heterocycles. The molecule has 0 aliphatic heterocycles. The fourth-order valence-corrected chi connectivity index (χ4v) is 3.85. The minimum atomic E-state index is -0.623. The maximum atomic E-state index is 14.5. The number of carbonyl (C=O) groups excluding carboxylic acids is 2. The van der Waals surface area contributed by atoms with Crippen LogP contribution in [0.5, 0.6) is 5.75 Å². The van der Waals surface area contributed by atoms with E-state index in [1.807, 2.05) is 6.92 Å². The third kappa shape index (κ3) is 6.00. The standard InChI is InChI=1S/C23H27F2N3O4/c1-3-32-13-22(29)27-16-6-4-5-14(9-16)23(30)28-21-11-18(19(25)12-26-21)17-8-7-15(24)10-20(17)31-2/h7-8,10-12,14,16H,3-6,9,13H2,1-2H3,(H,27,29)(H,26,28,30). The van der Waals surface area contributed by atoms with Crippen LogP contribution >= 0.6 is 0 Å². The molecule has 0 bridgehead atoms. The van der Waals surface area contributed by atoms with Crippen molar-refractivity contribution in [1.29, 1.82) is 0 Å². The number of ether oxygens (including phenoxy) is 2. The number of nitrogens with zero attached hydrogens (tertiary/aromatic N) is 1. The summed E-state index contributed by atoms with van der Waals surface area (Å²) >= 11 is 0. The number of pyridine rings is 1. The van der Waals surface area contributed by atoms with E-state index in [1.165, 1.54) is 25.3 Å². The van der Waals surface area contributed by atoms with Crippen molar-refractivity contribution in [2.24, 2.45) is 5.92 Å². The van der Waals surface area contributed by atoms with E-state index in [9.17, 15) is 18.4 Å². The van der Waals surface area contributed by atoms with E-state index in [-0.39, 0.29) is 47.5 Å². The molecule has 2 N–H and O–H groups in total. The lowest BCUT2D eigenvalue weighted by Gasteiger charge is -2.29. The molecule has 0 spiro atoms. The van der Waals surface area contributed by atoms with E-state index in [0.717, 1.165) is 25.1 Å². The van der Waals surface area contributed by atoms with Crippen molar-refractivity contribution in [3.8, 4) is 16.9 Å². The molecule has 1 aromatic heterocycles. The molecule has 1 heterocycles. The molecule has 32 heavy (non-hydrogen) atoms. The molecule has 2 atom stereocenters. The zero-order valence-electron chi connectivity index (χ0n) is 18.1. The first-order valence-corrected chi connectivity index (χ1v) is 10.6. The summed E-state index contributed by atoms with van der Waals surface area (Å²) in [7, 11) is 1.37.